The molecule has 2 N–H and O–H groups in total. The molecule has 0 fully saturated rings. The summed E-state index contributed by atoms with van der Waals surface area (Å²) in [6, 6.07) is 5.09. The summed E-state index contributed by atoms with van der Waals surface area (Å²) in [5.41, 5.74) is 0.383. The predicted octanol–water partition coefficient (Wildman–Crippen LogP) is 3.65. The van der Waals surface area contributed by atoms with Crippen molar-refractivity contribution < 1.29 is 4.92 Å². The number of nitro benzene ring substituents is 1. The number of halogens is 1. The van der Waals surface area contributed by atoms with Crippen LogP contribution in [0.25, 0.3) is 0 Å². The molecule has 0 aliphatic heterocycles. The van der Waals surface area contributed by atoms with Gasteiger partial charge in [0.05, 0.1) is 15.6 Å². The largest absolute Gasteiger partial charge is 0.361 e. The quantitative estimate of drug-likeness (QED) is 0.440. The highest BCUT2D eigenvalue weighted by Crippen LogP contribution is 2.26. The Hall–Kier alpha value is -1.44. The second-order valence-corrected chi connectivity index (χ2v) is 6.54. The van der Waals surface area contributed by atoms with Crippen molar-refractivity contribution in [1.82, 2.24) is 10.2 Å². The van der Waals surface area contributed by atoms with E-state index in [1.165, 1.54) is 18.2 Å². The normalized spacial score (nSPS) is 11.1. The Kier molecular flexibility index (Phi) is 7.67. The van der Waals surface area contributed by atoms with Gasteiger partial charge in [0, 0.05) is 37.3 Å². The third-order valence-corrected chi connectivity index (χ3v) is 3.97. The lowest BCUT2D eigenvalue weighted by atomic mass is 10.2. The lowest BCUT2D eigenvalue weighted by Crippen LogP contribution is -2.43. The molecular formula is C15H23ClN4O2S. The monoisotopic (exact) mass is 358 g/mol. The Morgan fingerprint density at radius 1 is 1.35 bits per heavy atom. The average molecular weight is 359 g/mol. The van der Waals surface area contributed by atoms with Crippen LogP contribution in [0.15, 0.2) is 18.2 Å². The molecule has 8 heteroatoms. The second-order valence-electron chi connectivity index (χ2n) is 5.73. The van der Waals surface area contributed by atoms with Gasteiger partial charge in [-0.1, -0.05) is 11.6 Å². The van der Waals surface area contributed by atoms with Crippen LogP contribution in [0.5, 0.6) is 0 Å². The maximum atomic E-state index is 10.8. The molecule has 0 aromatic heterocycles. The summed E-state index contributed by atoms with van der Waals surface area (Å²) in [5, 5.41) is 17.6. The lowest BCUT2D eigenvalue weighted by molar-refractivity contribution is -0.384. The molecule has 0 amide bonds. The molecule has 0 saturated heterocycles. The summed E-state index contributed by atoms with van der Waals surface area (Å²) < 4.78 is 0. The number of anilines is 1. The minimum atomic E-state index is -0.471. The van der Waals surface area contributed by atoms with Crippen molar-refractivity contribution in [3.8, 4) is 0 Å². The van der Waals surface area contributed by atoms with E-state index in [-0.39, 0.29) is 5.69 Å². The van der Waals surface area contributed by atoms with Gasteiger partial charge in [-0.15, -0.1) is 0 Å². The molecule has 1 aromatic carbocycles. The second kappa shape index (κ2) is 9.00. The van der Waals surface area contributed by atoms with Gasteiger partial charge < -0.3 is 10.6 Å². The fourth-order valence-corrected chi connectivity index (χ4v) is 2.68. The van der Waals surface area contributed by atoms with Gasteiger partial charge in [0.25, 0.3) is 5.69 Å². The van der Waals surface area contributed by atoms with Crippen LogP contribution in [-0.4, -0.2) is 40.1 Å². The van der Waals surface area contributed by atoms with E-state index in [4.69, 9.17) is 23.8 Å². The first-order valence-corrected chi connectivity index (χ1v) is 8.25. The minimum absolute atomic E-state index is 0.0366. The number of rotatable bonds is 7. The Balaban J connectivity index is 2.57. The van der Waals surface area contributed by atoms with Crippen molar-refractivity contribution in [2.24, 2.45) is 0 Å². The maximum Gasteiger partial charge on any atom is 0.271 e. The van der Waals surface area contributed by atoms with E-state index < -0.39 is 4.92 Å². The molecule has 0 aliphatic carbocycles. The van der Waals surface area contributed by atoms with Crippen LogP contribution >= 0.6 is 23.8 Å². The summed E-state index contributed by atoms with van der Waals surface area (Å²) in [5.74, 6) is 0. The zero-order valence-corrected chi connectivity index (χ0v) is 15.4. The molecular weight excluding hydrogens is 336 g/mol. The SMILES string of the molecule is CC(C)N(CCNC(=S)Nc1cc([N+](=O)[O-])ccc1Cl)C(C)C. The average Bonchev–Trinajstić information content (AvgIpc) is 2.44. The summed E-state index contributed by atoms with van der Waals surface area (Å²) in [4.78, 5) is 12.7. The van der Waals surface area contributed by atoms with Crippen LogP contribution in [0.2, 0.25) is 5.02 Å². The molecule has 0 radical (unpaired) electrons. The van der Waals surface area contributed by atoms with Crippen LogP contribution in [0.4, 0.5) is 11.4 Å². The van der Waals surface area contributed by atoms with Crippen LogP contribution in [0.3, 0.4) is 0 Å². The minimum Gasteiger partial charge on any atom is -0.361 e. The molecule has 0 unspecified atom stereocenters. The van der Waals surface area contributed by atoms with E-state index in [2.05, 4.69) is 43.2 Å². The molecule has 23 heavy (non-hydrogen) atoms. The zero-order chi connectivity index (χ0) is 17.6. The topological polar surface area (TPSA) is 70.4 Å². The van der Waals surface area contributed by atoms with Gasteiger partial charge in [0.15, 0.2) is 5.11 Å². The fraction of sp³-hybridized carbons (Fsp3) is 0.533. The predicted molar refractivity (Wildman–Crippen MR) is 99.3 cm³/mol. The van der Waals surface area contributed by atoms with Gasteiger partial charge in [-0.2, -0.15) is 0 Å². The fourth-order valence-electron chi connectivity index (χ4n) is 2.30. The third-order valence-electron chi connectivity index (χ3n) is 3.39. The number of nitro groups is 1. The molecule has 0 heterocycles. The smallest absolute Gasteiger partial charge is 0.271 e. The van der Waals surface area contributed by atoms with Gasteiger partial charge in [0.2, 0.25) is 0 Å². The summed E-state index contributed by atoms with van der Waals surface area (Å²) >= 11 is 11.3. The van der Waals surface area contributed by atoms with Crippen molar-refractivity contribution >= 4 is 40.3 Å². The number of nitrogens with zero attached hydrogens (tertiary/aromatic N) is 2. The van der Waals surface area contributed by atoms with Crippen molar-refractivity contribution in [3.05, 3.63) is 33.3 Å². The lowest BCUT2D eigenvalue weighted by Gasteiger charge is -2.30. The number of benzene rings is 1. The molecule has 128 valence electrons. The molecule has 0 spiro atoms. The van der Waals surface area contributed by atoms with Crippen LogP contribution in [0, 0.1) is 10.1 Å². The Bertz CT molecular complexity index is 558. The molecule has 0 bridgehead atoms. The Morgan fingerprint density at radius 3 is 2.48 bits per heavy atom. The highest BCUT2D eigenvalue weighted by Gasteiger charge is 2.13. The van der Waals surface area contributed by atoms with Crippen LogP contribution < -0.4 is 10.6 Å². The zero-order valence-electron chi connectivity index (χ0n) is 13.8. The first-order valence-electron chi connectivity index (χ1n) is 7.47. The molecule has 6 nitrogen and oxygen atoms in total. The molecule has 0 saturated carbocycles. The van der Waals surface area contributed by atoms with Crippen LogP contribution in [-0.2, 0) is 0 Å². The molecule has 1 rings (SSSR count). The van der Waals surface area contributed by atoms with E-state index in [1.54, 1.807) is 0 Å². The number of non-ortho nitro benzene ring substituents is 1. The first kappa shape index (κ1) is 19.6. The standard InChI is InChI=1S/C15H23ClN4O2S/c1-10(2)19(11(3)4)8-7-17-15(23)18-14-9-12(20(21)22)5-6-13(14)16/h5-6,9-11H,7-8H2,1-4H3,(H2,17,18,23). The Labute approximate surface area is 147 Å². The molecule has 1 aromatic rings. The van der Waals surface area contributed by atoms with Crippen molar-refractivity contribution in [1.29, 1.82) is 0 Å². The summed E-state index contributed by atoms with van der Waals surface area (Å²) in [6.45, 7) is 10.1. The molecule has 0 aliphatic rings. The summed E-state index contributed by atoms with van der Waals surface area (Å²) in [6.07, 6.45) is 0. The number of hydrogen-bond acceptors (Lipinski definition) is 4. The number of thiocarbonyl (C=S) groups is 1. The highest BCUT2D eigenvalue weighted by molar-refractivity contribution is 7.80. The maximum absolute atomic E-state index is 10.8. The van der Waals surface area contributed by atoms with Crippen molar-refractivity contribution in [3.63, 3.8) is 0 Å². The van der Waals surface area contributed by atoms with Gasteiger partial charge >= 0.3 is 0 Å². The van der Waals surface area contributed by atoms with E-state index in [0.717, 1.165) is 6.54 Å². The van der Waals surface area contributed by atoms with Gasteiger partial charge in [-0.05, 0) is 46.0 Å². The van der Waals surface area contributed by atoms with E-state index >= 15 is 0 Å². The third kappa shape index (κ3) is 6.29. The first-order chi connectivity index (χ1) is 10.7. The summed E-state index contributed by atoms with van der Waals surface area (Å²) in [7, 11) is 0. The van der Waals surface area contributed by atoms with Gasteiger partial charge in [0.1, 0.15) is 0 Å². The van der Waals surface area contributed by atoms with Crippen molar-refractivity contribution in [2.75, 3.05) is 18.4 Å². The van der Waals surface area contributed by atoms with Gasteiger partial charge in [-0.3, -0.25) is 15.0 Å². The van der Waals surface area contributed by atoms with E-state index in [1.807, 2.05) is 0 Å². The highest BCUT2D eigenvalue weighted by atomic mass is 35.5. The number of hydrogen-bond donors (Lipinski definition) is 2. The van der Waals surface area contributed by atoms with Gasteiger partial charge in [-0.25, -0.2) is 0 Å². The molecule has 0 atom stereocenters. The number of nitrogens with one attached hydrogen (secondary N) is 2. The van der Waals surface area contributed by atoms with Crippen molar-refractivity contribution in [2.45, 2.75) is 39.8 Å². The Morgan fingerprint density at radius 2 is 1.96 bits per heavy atom. The van der Waals surface area contributed by atoms with Crippen LogP contribution in [0.1, 0.15) is 27.7 Å². The van der Waals surface area contributed by atoms with E-state index in [0.29, 0.717) is 34.5 Å². The van der Waals surface area contributed by atoms with E-state index in [9.17, 15) is 10.1 Å².